The molecule has 40 heavy (non-hydrogen) atoms. The molecule has 4 nitrogen and oxygen atoms in total. The summed E-state index contributed by atoms with van der Waals surface area (Å²) in [7, 11) is 0. The summed E-state index contributed by atoms with van der Waals surface area (Å²) in [5.74, 6) is -13.7. The Morgan fingerprint density at radius 1 is 0.775 bits per heavy atom. The van der Waals surface area contributed by atoms with Gasteiger partial charge < -0.3 is 18.9 Å². The zero-order valence-corrected chi connectivity index (χ0v) is 20.7. The van der Waals surface area contributed by atoms with E-state index in [0.717, 1.165) is 18.6 Å². The quantitative estimate of drug-likeness (QED) is 0.149. The van der Waals surface area contributed by atoms with Gasteiger partial charge in [-0.3, -0.25) is 0 Å². The van der Waals surface area contributed by atoms with Crippen LogP contribution >= 0.6 is 0 Å². The van der Waals surface area contributed by atoms with Gasteiger partial charge in [-0.1, -0.05) is 6.92 Å². The molecule has 1 heterocycles. The molecule has 1 fully saturated rings. The average Bonchev–Trinajstić information content (AvgIpc) is 2.86. The largest absolute Gasteiger partial charge is 0.432 e. The minimum Gasteiger partial charge on any atom is -0.429 e. The van der Waals surface area contributed by atoms with Crippen LogP contribution in [-0.4, -0.2) is 26.4 Å². The molecule has 0 spiro atoms. The van der Waals surface area contributed by atoms with Gasteiger partial charge in [0.25, 0.3) is 0 Å². The maximum absolute atomic E-state index is 14.9. The topological polar surface area (TPSA) is 36.9 Å². The van der Waals surface area contributed by atoms with Crippen LogP contribution in [0.1, 0.15) is 30.8 Å². The lowest BCUT2D eigenvalue weighted by atomic mass is 9.99. The van der Waals surface area contributed by atoms with Gasteiger partial charge in [0, 0.05) is 30.2 Å². The maximum Gasteiger partial charge on any atom is 0.432 e. The molecule has 0 bridgehead atoms. The minimum atomic E-state index is -4.86. The van der Waals surface area contributed by atoms with Crippen LogP contribution in [0.5, 0.6) is 5.75 Å². The van der Waals surface area contributed by atoms with Crippen LogP contribution in [0.25, 0.3) is 11.1 Å². The van der Waals surface area contributed by atoms with Crippen molar-refractivity contribution in [2.24, 2.45) is 5.92 Å². The molecule has 0 aromatic heterocycles. The maximum atomic E-state index is 14.9. The van der Waals surface area contributed by atoms with Crippen LogP contribution < -0.4 is 4.74 Å². The summed E-state index contributed by atoms with van der Waals surface area (Å²) >= 11 is 0. The molecular weight excluding hydrogens is 559 g/mol. The SMILES string of the molecule is CCCOCC1COC(c2cc(F)c(-c3cc(F)c(C(F)(F)Oc4cc(F)c(F)c(F)c4)c(F)c3)c(F)c2)OC1. The van der Waals surface area contributed by atoms with Gasteiger partial charge in [0.2, 0.25) is 0 Å². The third-order valence-corrected chi connectivity index (χ3v) is 5.83. The van der Waals surface area contributed by atoms with Crippen molar-refractivity contribution in [2.75, 3.05) is 26.4 Å². The van der Waals surface area contributed by atoms with E-state index < -0.39 is 75.6 Å². The number of hydrogen-bond acceptors (Lipinski definition) is 4. The molecule has 4 rings (SSSR count). The molecule has 0 unspecified atom stereocenters. The van der Waals surface area contributed by atoms with E-state index in [4.69, 9.17) is 14.2 Å². The fourth-order valence-corrected chi connectivity index (χ4v) is 4.02. The van der Waals surface area contributed by atoms with E-state index in [2.05, 4.69) is 4.74 Å². The standard InChI is InChI=1S/C27H21F9O4/c1-2-3-37-10-13-11-38-26(39-12-13)15-6-17(28)23(18(29)7-15)14-4-19(30)24(20(31)5-14)27(35,36)40-16-8-21(32)25(34)22(33)9-16/h4-9,13,26H,2-3,10-12H2,1H3. The second-order valence-electron chi connectivity index (χ2n) is 8.93. The Labute approximate surface area is 222 Å². The highest BCUT2D eigenvalue weighted by Gasteiger charge is 2.42. The zero-order valence-electron chi connectivity index (χ0n) is 20.7. The molecule has 1 aliphatic heterocycles. The molecule has 3 aromatic rings. The Kier molecular flexibility index (Phi) is 8.96. The van der Waals surface area contributed by atoms with Crippen LogP contribution in [0.4, 0.5) is 39.5 Å². The van der Waals surface area contributed by atoms with Gasteiger partial charge in [-0.2, -0.15) is 8.78 Å². The van der Waals surface area contributed by atoms with Crippen molar-refractivity contribution in [1.82, 2.24) is 0 Å². The van der Waals surface area contributed by atoms with E-state index >= 15 is 0 Å². The summed E-state index contributed by atoms with van der Waals surface area (Å²) in [4.78, 5) is 0. The Hall–Kier alpha value is -3.29. The first kappa shape index (κ1) is 29.7. The van der Waals surface area contributed by atoms with Crippen LogP contribution in [0, 0.1) is 46.6 Å². The molecule has 216 valence electrons. The Morgan fingerprint density at radius 2 is 1.32 bits per heavy atom. The lowest BCUT2D eigenvalue weighted by Gasteiger charge is -2.29. The zero-order chi connectivity index (χ0) is 29.2. The lowest BCUT2D eigenvalue weighted by molar-refractivity contribution is -0.212. The van der Waals surface area contributed by atoms with Crippen molar-refractivity contribution >= 4 is 0 Å². The molecule has 0 N–H and O–H groups in total. The molecular formula is C27H21F9O4. The predicted molar refractivity (Wildman–Crippen MR) is 122 cm³/mol. The molecule has 0 saturated carbocycles. The first-order valence-corrected chi connectivity index (χ1v) is 11.9. The monoisotopic (exact) mass is 580 g/mol. The van der Waals surface area contributed by atoms with Crippen molar-refractivity contribution in [3.05, 3.63) is 88.2 Å². The predicted octanol–water partition coefficient (Wildman–Crippen LogP) is 7.54. The third-order valence-electron chi connectivity index (χ3n) is 5.83. The fourth-order valence-electron chi connectivity index (χ4n) is 4.02. The van der Waals surface area contributed by atoms with Crippen molar-refractivity contribution < 1.29 is 58.5 Å². The van der Waals surface area contributed by atoms with E-state index in [1.165, 1.54) is 0 Å². The summed E-state index contributed by atoms with van der Waals surface area (Å²) < 4.78 is 149. The highest BCUT2D eigenvalue weighted by molar-refractivity contribution is 5.66. The molecule has 1 saturated heterocycles. The number of benzene rings is 3. The molecule has 0 amide bonds. The molecule has 13 heteroatoms. The molecule has 1 aliphatic rings. The molecule has 0 atom stereocenters. The van der Waals surface area contributed by atoms with E-state index in [1.54, 1.807) is 0 Å². The van der Waals surface area contributed by atoms with Gasteiger partial charge in [-0.15, -0.1) is 0 Å². The number of hydrogen-bond donors (Lipinski definition) is 0. The van der Waals surface area contributed by atoms with Gasteiger partial charge in [0.1, 0.15) is 34.6 Å². The van der Waals surface area contributed by atoms with Gasteiger partial charge in [-0.25, -0.2) is 30.7 Å². The van der Waals surface area contributed by atoms with Crippen molar-refractivity contribution in [3.8, 4) is 16.9 Å². The van der Waals surface area contributed by atoms with Gasteiger partial charge in [-0.05, 0) is 36.2 Å². The summed E-state index contributed by atoms with van der Waals surface area (Å²) in [5, 5.41) is 0. The van der Waals surface area contributed by atoms with Gasteiger partial charge in [0.05, 0.1) is 25.4 Å². The van der Waals surface area contributed by atoms with Crippen molar-refractivity contribution in [2.45, 2.75) is 25.7 Å². The van der Waals surface area contributed by atoms with Crippen LogP contribution in [0.15, 0.2) is 36.4 Å². The summed E-state index contributed by atoms with van der Waals surface area (Å²) in [6.45, 7) is 3.24. The average molecular weight is 580 g/mol. The first-order valence-electron chi connectivity index (χ1n) is 11.9. The van der Waals surface area contributed by atoms with E-state index in [1.807, 2.05) is 6.92 Å². The molecule has 0 radical (unpaired) electrons. The van der Waals surface area contributed by atoms with Gasteiger partial charge >= 0.3 is 6.11 Å². The van der Waals surface area contributed by atoms with Crippen LogP contribution in [-0.2, 0) is 20.3 Å². The number of ether oxygens (including phenoxy) is 4. The molecule has 0 aliphatic carbocycles. The normalized spacial score (nSPS) is 17.8. The Balaban J connectivity index is 1.56. The fraction of sp³-hybridized carbons (Fsp3) is 0.333. The van der Waals surface area contributed by atoms with Crippen molar-refractivity contribution in [1.29, 1.82) is 0 Å². The van der Waals surface area contributed by atoms with E-state index in [9.17, 15) is 39.5 Å². The molecule has 3 aromatic carbocycles. The highest BCUT2D eigenvalue weighted by Crippen LogP contribution is 2.39. The van der Waals surface area contributed by atoms with Crippen LogP contribution in [0.2, 0.25) is 0 Å². The summed E-state index contributed by atoms with van der Waals surface area (Å²) in [6, 6.07) is 2.19. The second-order valence-corrected chi connectivity index (χ2v) is 8.93. The Bertz CT molecular complexity index is 1310. The van der Waals surface area contributed by atoms with Gasteiger partial charge in [0.15, 0.2) is 23.7 Å². The second kappa shape index (κ2) is 12.1. The lowest BCUT2D eigenvalue weighted by Crippen LogP contribution is -2.30. The number of alkyl halides is 2. The van der Waals surface area contributed by atoms with E-state index in [0.29, 0.717) is 13.2 Å². The minimum absolute atomic E-state index is 0.0446. The highest BCUT2D eigenvalue weighted by atomic mass is 19.3. The third kappa shape index (κ3) is 6.37. The number of rotatable bonds is 9. The summed E-state index contributed by atoms with van der Waals surface area (Å²) in [5.41, 5.74) is -3.78. The van der Waals surface area contributed by atoms with Crippen LogP contribution in [0.3, 0.4) is 0 Å². The van der Waals surface area contributed by atoms with Crippen molar-refractivity contribution in [3.63, 3.8) is 0 Å². The Morgan fingerprint density at radius 3 is 1.85 bits per heavy atom. The smallest absolute Gasteiger partial charge is 0.429 e. The first-order chi connectivity index (χ1) is 18.9. The van der Waals surface area contributed by atoms with E-state index in [-0.39, 0.29) is 49.0 Å². The summed E-state index contributed by atoms with van der Waals surface area (Å²) in [6.07, 6.45) is -5.17. The number of halogens is 9.